The molecule has 0 saturated heterocycles. The molecule has 4 heteroatoms. The zero-order chi connectivity index (χ0) is 13.4. The second kappa shape index (κ2) is 8.68. The molecule has 0 aliphatic heterocycles. The monoisotopic (exact) mass is 287 g/mol. The molecule has 2 nitrogen and oxygen atoms in total. The number of halogens is 1. The van der Waals surface area contributed by atoms with Gasteiger partial charge in [-0.1, -0.05) is 37.6 Å². The van der Waals surface area contributed by atoms with Gasteiger partial charge in [-0.3, -0.25) is 4.21 Å². The first-order valence-corrected chi connectivity index (χ1v) is 8.35. The van der Waals surface area contributed by atoms with Crippen molar-refractivity contribution < 1.29 is 4.21 Å². The van der Waals surface area contributed by atoms with Crippen molar-refractivity contribution in [3.63, 3.8) is 0 Å². The van der Waals surface area contributed by atoms with Gasteiger partial charge < -0.3 is 5.32 Å². The molecule has 2 atom stereocenters. The minimum atomic E-state index is -0.817. The molecule has 0 aromatic heterocycles. The van der Waals surface area contributed by atoms with Gasteiger partial charge in [-0.25, -0.2) is 0 Å². The Morgan fingerprint density at radius 3 is 2.50 bits per heavy atom. The molecule has 1 aromatic carbocycles. The molecule has 0 fully saturated rings. The summed E-state index contributed by atoms with van der Waals surface area (Å²) in [7, 11) is -0.817. The maximum absolute atomic E-state index is 12.1. The number of hydrogen-bond acceptors (Lipinski definition) is 2. The van der Waals surface area contributed by atoms with Crippen LogP contribution in [-0.4, -0.2) is 22.5 Å². The van der Waals surface area contributed by atoms with Crippen LogP contribution in [-0.2, 0) is 16.6 Å². The molecule has 0 aliphatic rings. The first kappa shape index (κ1) is 15.7. The Kier molecular flexibility index (Phi) is 7.56. The molecular weight excluding hydrogens is 266 g/mol. The summed E-state index contributed by atoms with van der Waals surface area (Å²) in [4.78, 5) is 0. The van der Waals surface area contributed by atoms with Gasteiger partial charge in [0.15, 0.2) is 0 Å². The number of benzene rings is 1. The topological polar surface area (TPSA) is 29.1 Å². The lowest BCUT2D eigenvalue weighted by Crippen LogP contribution is -2.34. The number of nitrogens with one attached hydrogen (secondary N) is 1. The average Bonchev–Trinajstić information content (AvgIpc) is 2.37. The molecule has 0 bridgehead atoms. The van der Waals surface area contributed by atoms with Crippen LogP contribution in [0.15, 0.2) is 24.3 Å². The molecule has 0 radical (unpaired) electrons. The van der Waals surface area contributed by atoms with E-state index in [9.17, 15) is 4.21 Å². The van der Waals surface area contributed by atoms with Crippen LogP contribution in [0.4, 0.5) is 0 Å². The highest BCUT2D eigenvalue weighted by atomic mass is 35.5. The van der Waals surface area contributed by atoms with Gasteiger partial charge in [0.05, 0.1) is 0 Å². The molecular formula is C14H22ClNOS. The van der Waals surface area contributed by atoms with Gasteiger partial charge >= 0.3 is 0 Å². The second-order valence-corrected chi connectivity index (χ2v) is 6.37. The molecule has 0 amide bonds. The molecule has 102 valence electrons. The first-order chi connectivity index (χ1) is 8.65. The predicted octanol–water partition coefficient (Wildman–Crippen LogP) is 3.37. The van der Waals surface area contributed by atoms with Gasteiger partial charge in [0, 0.05) is 33.4 Å². The van der Waals surface area contributed by atoms with E-state index in [4.69, 9.17) is 11.6 Å². The molecule has 0 spiro atoms. The van der Waals surface area contributed by atoms with Crippen LogP contribution < -0.4 is 5.32 Å². The summed E-state index contributed by atoms with van der Waals surface area (Å²) in [5.41, 5.74) is 1.09. The van der Waals surface area contributed by atoms with E-state index in [1.807, 2.05) is 24.3 Å². The third kappa shape index (κ3) is 5.98. The lowest BCUT2D eigenvalue weighted by molar-refractivity contribution is 0.533. The lowest BCUT2D eigenvalue weighted by Gasteiger charge is -2.16. The van der Waals surface area contributed by atoms with Crippen LogP contribution in [0.5, 0.6) is 0 Å². The van der Waals surface area contributed by atoms with Gasteiger partial charge in [-0.05, 0) is 37.1 Å². The summed E-state index contributed by atoms with van der Waals surface area (Å²) >= 11 is 5.83. The van der Waals surface area contributed by atoms with Gasteiger partial charge in [-0.2, -0.15) is 0 Å². The van der Waals surface area contributed by atoms with E-state index in [0.717, 1.165) is 35.7 Å². The molecule has 1 N–H and O–H groups in total. The third-order valence-corrected chi connectivity index (χ3v) is 4.49. The van der Waals surface area contributed by atoms with E-state index in [2.05, 4.69) is 19.2 Å². The van der Waals surface area contributed by atoms with Crippen molar-refractivity contribution in [2.24, 2.45) is 0 Å². The Balaban J connectivity index is 2.42. The van der Waals surface area contributed by atoms with E-state index in [1.165, 1.54) is 0 Å². The lowest BCUT2D eigenvalue weighted by atomic mass is 10.2. The summed E-state index contributed by atoms with van der Waals surface area (Å²) in [5, 5.41) is 4.15. The molecule has 0 aliphatic carbocycles. The van der Waals surface area contributed by atoms with Gasteiger partial charge in [0.1, 0.15) is 0 Å². The van der Waals surface area contributed by atoms with Crippen molar-refractivity contribution in [3.8, 4) is 0 Å². The molecule has 1 rings (SSSR count). The largest absolute Gasteiger partial charge is 0.313 e. The number of rotatable bonds is 8. The Morgan fingerprint density at radius 1 is 1.28 bits per heavy atom. The zero-order valence-electron chi connectivity index (χ0n) is 11.1. The molecule has 18 heavy (non-hydrogen) atoms. The van der Waals surface area contributed by atoms with Crippen molar-refractivity contribution in [2.75, 3.05) is 12.3 Å². The van der Waals surface area contributed by atoms with Gasteiger partial charge in [-0.15, -0.1) is 0 Å². The van der Waals surface area contributed by atoms with Crippen molar-refractivity contribution in [1.82, 2.24) is 5.32 Å². The van der Waals surface area contributed by atoms with E-state index < -0.39 is 10.8 Å². The highest BCUT2D eigenvalue weighted by molar-refractivity contribution is 7.84. The minimum absolute atomic E-state index is 0.359. The Hall–Kier alpha value is -0.380. The highest BCUT2D eigenvalue weighted by Gasteiger charge is 2.10. The van der Waals surface area contributed by atoms with E-state index in [0.29, 0.717) is 11.8 Å². The van der Waals surface area contributed by atoms with Crippen LogP contribution in [0, 0.1) is 0 Å². The van der Waals surface area contributed by atoms with Crippen molar-refractivity contribution >= 4 is 22.4 Å². The van der Waals surface area contributed by atoms with Crippen LogP contribution in [0.25, 0.3) is 0 Å². The van der Waals surface area contributed by atoms with Gasteiger partial charge in [0.2, 0.25) is 0 Å². The summed E-state index contributed by atoms with van der Waals surface area (Å²) in [5.74, 6) is 1.33. The van der Waals surface area contributed by atoms with Crippen LogP contribution in [0.3, 0.4) is 0 Å². The van der Waals surface area contributed by atoms with E-state index in [1.54, 1.807) is 0 Å². The third-order valence-electron chi connectivity index (χ3n) is 2.80. The van der Waals surface area contributed by atoms with Crippen molar-refractivity contribution in [2.45, 2.75) is 38.5 Å². The van der Waals surface area contributed by atoms with Crippen LogP contribution >= 0.6 is 11.6 Å². The Bertz CT molecular complexity index is 367. The molecule has 0 saturated carbocycles. The SMILES string of the molecule is CCCNC(CC)CS(=O)Cc1ccc(Cl)cc1. The van der Waals surface area contributed by atoms with Crippen molar-refractivity contribution in [1.29, 1.82) is 0 Å². The minimum Gasteiger partial charge on any atom is -0.313 e. The smallest absolute Gasteiger partial charge is 0.0486 e. The predicted molar refractivity (Wildman–Crippen MR) is 80.5 cm³/mol. The normalized spacial score (nSPS) is 14.4. The van der Waals surface area contributed by atoms with Gasteiger partial charge in [0.25, 0.3) is 0 Å². The fraction of sp³-hybridized carbons (Fsp3) is 0.571. The fourth-order valence-corrected chi connectivity index (χ4v) is 3.33. The molecule has 0 heterocycles. The summed E-state index contributed by atoms with van der Waals surface area (Å²) < 4.78 is 12.1. The second-order valence-electron chi connectivity index (χ2n) is 4.44. The Morgan fingerprint density at radius 2 is 1.94 bits per heavy atom. The summed E-state index contributed by atoms with van der Waals surface area (Å²) in [6.45, 7) is 5.27. The maximum Gasteiger partial charge on any atom is 0.0486 e. The number of hydrogen-bond donors (Lipinski definition) is 1. The fourth-order valence-electron chi connectivity index (χ4n) is 1.72. The van der Waals surface area contributed by atoms with Crippen LogP contribution in [0.2, 0.25) is 5.02 Å². The first-order valence-electron chi connectivity index (χ1n) is 6.48. The zero-order valence-corrected chi connectivity index (χ0v) is 12.7. The molecule has 1 aromatic rings. The average molecular weight is 288 g/mol. The quantitative estimate of drug-likeness (QED) is 0.794. The van der Waals surface area contributed by atoms with Crippen molar-refractivity contribution in [3.05, 3.63) is 34.9 Å². The standard InChI is InChI=1S/C14H22ClNOS/c1-3-9-16-14(4-2)11-18(17)10-12-5-7-13(15)8-6-12/h5-8,14,16H,3-4,9-11H2,1-2H3. The summed E-state index contributed by atoms with van der Waals surface area (Å²) in [6.07, 6.45) is 2.13. The van der Waals surface area contributed by atoms with Crippen LogP contribution in [0.1, 0.15) is 32.3 Å². The Labute approximate surface area is 118 Å². The van der Waals surface area contributed by atoms with E-state index in [-0.39, 0.29) is 0 Å². The highest BCUT2D eigenvalue weighted by Crippen LogP contribution is 2.11. The van der Waals surface area contributed by atoms with E-state index >= 15 is 0 Å². The maximum atomic E-state index is 12.1. The summed E-state index contributed by atoms with van der Waals surface area (Å²) in [6, 6.07) is 7.95. The molecule has 2 unspecified atom stereocenters.